The molecule has 3 atom stereocenters. The molecule has 0 aromatic heterocycles. The number of nitrogens with two attached hydrogens (primary N) is 1. The molecule has 3 rings (SSSR count). The van der Waals surface area contributed by atoms with Gasteiger partial charge in [-0.05, 0) is 31.5 Å². The van der Waals surface area contributed by atoms with Crippen LogP contribution in [0, 0.1) is 33.5 Å². The highest BCUT2D eigenvalue weighted by Gasteiger charge is 2.93. The maximum atomic E-state index is 10.3. The Morgan fingerprint density at radius 3 is 1.93 bits per heavy atom. The molecule has 0 radical (unpaired) electrons. The van der Waals surface area contributed by atoms with Gasteiger partial charge in [0.2, 0.25) is 5.75 Å². The summed E-state index contributed by atoms with van der Waals surface area (Å²) >= 11 is 0. The molecule has 1 aromatic rings. The van der Waals surface area contributed by atoms with Crippen LogP contribution >= 0.6 is 0 Å². The number of hydrogen-bond donors (Lipinski definition) is 1. The van der Waals surface area contributed by atoms with Crippen LogP contribution < -0.4 is 19.9 Å². The van der Waals surface area contributed by atoms with Gasteiger partial charge in [0.05, 0.1) is 33.5 Å². The number of methoxy groups -OCH3 is 3. The average Bonchev–Trinajstić information content (AvgIpc) is 3.31. The largest absolute Gasteiger partial charge is 0.493 e. The van der Waals surface area contributed by atoms with Gasteiger partial charge in [-0.1, -0.05) is 0 Å². The van der Waals surface area contributed by atoms with Crippen molar-refractivity contribution >= 4 is 5.84 Å². The summed E-state index contributed by atoms with van der Waals surface area (Å²) in [5.74, 6) is -1.10. The van der Waals surface area contributed by atoms with E-state index < -0.39 is 22.7 Å². The summed E-state index contributed by atoms with van der Waals surface area (Å²) in [6.45, 7) is 3.98. The van der Waals surface area contributed by atoms with Crippen LogP contribution in [0.25, 0.3) is 0 Å². The van der Waals surface area contributed by atoms with E-state index in [2.05, 4.69) is 17.1 Å². The van der Waals surface area contributed by atoms with Crippen molar-refractivity contribution < 1.29 is 23.7 Å². The number of rotatable bonds is 8. The number of nitrogens with zero attached hydrogens (tertiary/aromatic N) is 3. The second-order valence-corrected chi connectivity index (χ2v) is 6.68. The van der Waals surface area contributed by atoms with Crippen LogP contribution in [0.5, 0.6) is 17.2 Å². The van der Waals surface area contributed by atoms with Gasteiger partial charge in [0, 0.05) is 19.1 Å². The zero-order valence-corrected chi connectivity index (χ0v) is 17.1. The first kappa shape index (κ1) is 20.7. The minimum atomic E-state index is -1.67. The van der Waals surface area contributed by atoms with Gasteiger partial charge < -0.3 is 29.4 Å². The Kier molecular flexibility index (Phi) is 5.08. The molecule has 0 saturated heterocycles. The molecule has 3 unspecified atom stereocenters. The maximum absolute atomic E-state index is 10.3. The van der Waals surface area contributed by atoms with E-state index in [-0.39, 0.29) is 19.0 Å². The smallest absolute Gasteiger partial charge is 0.293 e. The molecule has 1 aliphatic heterocycles. The molecule has 1 aromatic carbocycles. The number of amidine groups is 1. The predicted octanol–water partition coefficient (Wildman–Crippen LogP) is 1.93. The highest BCUT2D eigenvalue weighted by Crippen LogP contribution is 2.82. The molecule has 1 saturated carbocycles. The first-order valence-electron chi connectivity index (χ1n) is 9.19. The second-order valence-electron chi connectivity index (χ2n) is 6.68. The van der Waals surface area contributed by atoms with Crippen molar-refractivity contribution in [1.82, 2.24) is 0 Å². The van der Waals surface area contributed by atoms with Gasteiger partial charge in [-0.25, -0.2) is 4.99 Å². The quantitative estimate of drug-likeness (QED) is 0.655. The Hall–Kier alpha value is -3.01. The van der Waals surface area contributed by atoms with E-state index in [0.717, 1.165) is 0 Å². The Balaban J connectivity index is 2.26. The van der Waals surface area contributed by atoms with Crippen LogP contribution in [0.3, 0.4) is 0 Å². The molecule has 1 aliphatic carbocycles. The van der Waals surface area contributed by atoms with Crippen LogP contribution in [0.1, 0.15) is 25.3 Å². The Labute approximate surface area is 169 Å². The molecule has 1 fully saturated rings. The van der Waals surface area contributed by atoms with Crippen LogP contribution in [0.15, 0.2) is 17.1 Å². The van der Waals surface area contributed by atoms with Crippen molar-refractivity contribution in [2.45, 2.75) is 25.7 Å². The van der Waals surface area contributed by atoms with Gasteiger partial charge in [-0.3, -0.25) is 0 Å². The van der Waals surface area contributed by atoms with Crippen molar-refractivity contribution in [2.24, 2.45) is 21.6 Å². The lowest BCUT2D eigenvalue weighted by atomic mass is 9.93. The van der Waals surface area contributed by atoms with Crippen LogP contribution in [0.4, 0.5) is 0 Å². The molecule has 2 aliphatic rings. The monoisotopic (exact) mass is 400 g/mol. The minimum absolute atomic E-state index is 0.0159. The highest BCUT2D eigenvalue weighted by molar-refractivity contribution is 6.00. The van der Waals surface area contributed by atoms with Gasteiger partial charge in [-0.2, -0.15) is 10.5 Å². The van der Waals surface area contributed by atoms with Gasteiger partial charge in [-0.15, -0.1) is 0 Å². The van der Waals surface area contributed by atoms with E-state index in [4.69, 9.17) is 29.4 Å². The Morgan fingerprint density at radius 2 is 1.55 bits per heavy atom. The predicted molar refractivity (Wildman–Crippen MR) is 103 cm³/mol. The molecule has 2 N–H and O–H groups in total. The summed E-state index contributed by atoms with van der Waals surface area (Å²) in [6.07, 6.45) is 0. The number of aliphatic imine (C=N–C) groups is 1. The number of ether oxygens (including phenoxy) is 5. The van der Waals surface area contributed by atoms with E-state index in [0.29, 0.717) is 22.8 Å². The van der Waals surface area contributed by atoms with Crippen molar-refractivity contribution in [3.63, 3.8) is 0 Å². The first-order valence-corrected chi connectivity index (χ1v) is 9.19. The van der Waals surface area contributed by atoms with Gasteiger partial charge in [0.25, 0.3) is 5.91 Å². The third kappa shape index (κ3) is 2.29. The molecule has 9 nitrogen and oxygen atoms in total. The fraction of sp³-hybridized carbons (Fsp3) is 0.550. The fourth-order valence-electron chi connectivity index (χ4n) is 4.52. The Bertz CT molecular complexity index is 903. The summed E-state index contributed by atoms with van der Waals surface area (Å²) < 4.78 is 27.9. The second kappa shape index (κ2) is 7.11. The van der Waals surface area contributed by atoms with E-state index in [1.54, 1.807) is 26.0 Å². The van der Waals surface area contributed by atoms with Gasteiger partial charge in [0.15, 0.2) is 16.9 Å². The van der Waals surface area contributed by atoms with Crippen molar-refractivity contribution in [1.29, 1.82) is 10.5 Å². The van der Waals surface area contributed by atoms with Crippen LogP contribution in [0.2, 0.25) is 0 Å². The molecular formula is C20H24N4O5. The molecular weight excluding hydrogens is 376 g/mol. The topological polar surface area (TPSA) is 132 Å². The fourth-order valence-corrected chi connectivity index (χ4v) is 4.52. The van der Waals surface area contributed by atoms with Crippen LogP contribution in [-0.2, 0) is 9.47 Å². The lowest BCUT2D eigenvalue weighted by molar-refractivity contribution is -0.255. The molecule has 1 heterocycles. The van der Waals surface area contributed by atoms with E-state index in [1.807, 2.05) is 0 Å². The summed E-state index contributed by atoms with van der Waals surface area (Å²) in [6, 6.07) is 7.91. The Morgan fingerprint density at radius 1 is 1.00 bits per heavy atom. The molecule has 0 amide bonds. The summed E-state index contributed by atoms with van der Waals surface area (Å²) in [5.41, 5.74) is 3.99. The zero-order valence-electron chi connectivity index (χ0n) is 17.1. The molecule has 154 valence electrons. The van der Waals surface area contributed by atoms with Crippen molar-refractivity contribution in [3.05, 3.63) is 17.7 Å². The molecule has 0 bridgehead atoms. The van der Waals surface area contributed by atoms with E-state index >= 15 is 0 Å². The van der Waals surface area contributed by atoms with Crippen molar-refractivity contribution in [3.8, 4) is 29.4 Å². The standard InChI is InChI=1S/C20H24N4O5/c1-6-28-20(29-7-2)19(11-22)16(18(19,10-21)17(23)24-20)12-8-13(25-3)15(27-5)14(9-12)26-4/h8-9,16H,6-7H2,1-5H3,(H2,23,24). The number of benzene rings is 1. The molecule has 9 heteroatoms. The summed E-state index contributed by atoms with van der Waals surface area (Å²) in [4.78, 5) is 4.33. The lowest BCUT2D eigenvalue weighted by Gasteiger charge is -2.31. The van der Waals surface area contributed by atoms with Gasteiger partial charge in [0.1, 0.15) is 11.3 Å². The lowest BCUT2D eigenvalue weighted by Crippen LogP contribution is -2.43. The van der Waals surface area contributed by atoms with E-state index in [1.165, 1.54) is 21.3 Å². The summed E-state index contributed by atoms with van der Waals surface area (Å²) in [7, 11) is 4.49. The number of hydrogen-bond acceptors (Lipinski definition) is 9. The number of fused-ring (bicyclic) bond motifs is 1. The first-order chi connectivity index (χ1) is 13.9. The third-order valence-electron chi connectivity index (χ3n) is 5.63. The SMILES string of the molecule is CCOC1(OCC)N=C(N)C2(C#N)C(c3cc(OC)c(OC)c(OC)c3)C12C#N. The minimum Gasteiger partial charge on any atom is -0.493 e. The van der Waals surface area contributed by atoms with E-state index in [9.17, 15) is 10.5 Å². The molecule has 0 spiro atoms. The normalized spacial score (nSPS) is 28.5. The van der Waals surface area contributed by atoms with Crippen LogP contribution in [-0.4, -0.2) is 46.3 Å². The third-order valence-corrected chi connectivity index (χ3v) is 5.63. The average molecular weight is 400 g/mol. The zero-order chi connectivity index (χ0) is 21.4. The molecule has 29 heavy (non-hydrogen) atoms. The van der Waals surface area contributed by atoms with Crippen molar-refractivity contribution in [2.75, 3.05) is 34.5 Å². The number of nitriles is 2. The summed E-state index contributed by atoms with van der Waals surface area (Å²) in [5, 5.41) is 20.4. The maximum Gasteiger partial charge on any atom is 0.293 e. The highest BCUT2D eigenvalue weighted by atomic mass is 16.7. The van der Waals surface area contributed by atoms with Gasteiger partial charge >= 0.3 is 0 Å².